The summed E-state index contributed by atoms with van der Waals surface area (Å²) in [5, 5.41) is 0. The highest BCUT2D eigenvalue weighted by atomic mass is 32.1. The van der Waals surface area contributed by atoms with E-state index in [0.717, 1.165) is 12.8 Å². The zero-order valence-electron chi connectivity index (χ0n) is 8.67. The maximum absolute atomic E-state index is 4.51. The minimum atomic E-state index is 0.0910. The van der Waals surface area contributed by atoms with Gasteiger partial charge in [0.2, 0.25) is 0 Å². The van der Waals surface area contributed by atoms with Crippen molar-refractivity contribution in [2.24, 2.45) is 0 Å². The highest BCUT2D eigenvalue weighted by molar-refractivity contribution is 7.81. The molecule has 0 amide bonds. The lowest BCUT2D eigenvalue weighted by Gasteiger charge is -2.17. The van der Waals surface area contributed by atoms with Crippen LogP contribution in [-0.2, 0) is 12.8 Å². The molecule has 72 valence electrons. The van der Waals surface area contributed by atoms with E-state index >= 15 is 0 Å². The van der Waals surface area contributed by atoms with Crippen LogP contribution in [0.25, 0.3) is 0 Å². The molecule has 0 aliphatic carbocycles. The molecule has 0 saturated carbocycles. The molecule has 0 aliphatic rings. The number of benzene rings is 1. The van der Waals surface area contributed by atoms with Crippen LogP contribution in [0.5, 0.6) is 0 Å². The molecular weight excluding hydrogens is 176 g/mol. The molecule has 0 saturated heterocycles. The van der Waals surface area contributed by atoms with Gasteiger partial charge in [0.05, 0.1) is 0 Å². The number of rotatable bonds is 3. The average Bonchev–Trinajstić information content (AvgIpc) is 2.03. The molecule has 1 aromatic carbocycles. The Labute approximate surface area is 86.8 Å². The summed E-state index contributed by atoms with van der Waals surface area (Å²) in [5.41, 5.74) is 2.78. The normalized spacial score (nSPS) is 11.7. The van der Waals surface area contributed by atoms with Gasteiger partial charge in [0.15, 0.2) is 0 Å². The summed E-state index contributed by atoms with van der Waals surface area (Å²) in [6.07, 6.45) is 2.14. The second-order valence-corrected chi connectivity index (χ2v) is 5.37. The Bertz CT molecular complexity index is 253. The summed E-state index contributed by atoms with van der Waals surface area (Å²) in [4.78, 5) is 0. The van der Waals surface area contributed by atoms with Gasteiger partial charge in [-0.05, 0) is 24.0 Å². The maximum Gasteiger partial charge on any atom is 0.0113 e. The first-order chi connectivity index (χ1) is 6.01. The van der Waals surface area contributed by atoms with Crippen molar-refractivity contribution in [1.82, 2.24) is 0 Å². The van der Waals surface area contributed by atoms with Gasteiger partial charge in [-0.15, -0.1) is 0 Å². The van der Waals surface area contributed by atoms with E-state index in [0.29, 0.717) is 0 Å². The lowest BCUT2D eigenvalue weighted by molar-refractivity contribution is 0.714. The molecule has 1 rings (SSSR count). The van der Waals surface area contributed by atoms with E-state index in [9.17, 15) is 0 Å². The third-order valence-corrected chi connectivity index (χ3v) is 2.23. The lowest BCUT2D eigenvalue weighted by atomic mass is 10.0. The standard InChI is InChI=1S/C12H18S/c1-4-10-5-7-11(8-6-10)9-12(2,3)13/h5-8,13H,4,9H2,1-3H3. The van der Waals surface area contributed by atoms with Crippen molar-refractivity contribution in [3.63, 3.8) is 0 Å². The second-order valence-electron chi connectivity index (χ2n) is 4.16. The van der Waals surface area contributed by atoms with Crippen molar-refractivity contribution >= 4 is 12.6 Å². The van der Waals surface area contributed by atoms with Gasteiger partial charge in [-0.2, -0.15) is 12.6 Å². The summed E-state index contributed by atoms with van der Waals surface area (Å²) in [6.45, 7) is 6.46. The monoisotopic (exact) mass is 194 g/mol. The van der Waals surface area contributed by atoms with Gasteiger partial charge in [-0.25, -0.2) is 0 Å². The summed E-state index contributed by atoms with van der Waals surface area (Å²) >= 11 is 4.51. The van der Waals surface area contributed by atoms with Gasteiger partial charge in [0, 0.05) is 4.75 Å². The predicted molar refractivity (Wildman–Crippen MR) is 62.6 cm³/mol. The van der Waals surface area contributed by atoms with Crippen molar-refractivity contribution in [1.29, 1.82) is 0 Å². The Morgan fingerprint density at radius 1 is 1.08 bits per heavy atom. The highest BCUT2D eigenvalue weighted by Crippen LogP contribution is 2.19. The number of hydrogen-bond acceptors (Lipinski definition) is 1. The summed E-state index contributed by atoms with van der Waals surface area (Å²) in [7, 11) is 0. The van der Waals surface area contributed by atoms with E-state index in [-0.39, 0.29) is 4.75 Å². The van der Waals surface area contributed by atoms with E-state index in [1.54, 1.807) is 0 Å². The van der Waals surface area contributed by atoms with Crippen molar-refractivity contribution in [3.8, 4) is 0 Å². The Balaban J connectivity index is 2.70. The molecule has 1 aromatic rings. The highest BCUT2D eigenvalue weighted by Gasteiger charge is 2.11. The Kier molecular flexibility index (Phi) is 3.43. The maximum atomic E-state index is 4.51. The summed E-state index contributed by atoms with van der Waals surface area (Å²) < 4.78 is 0.0910. The molecule has 0 atom stereocenters. The van der Waals surface area contributed by atoms with Gasteiger partial charge >= 0.3 is 0 Å². The van der Waals surface area contributed by atoms with Crippen molar-refractivity contribution in [2.75, 3.05) is 0 Å². The number of aryl methyl sites for hydroxylation is 1. The molecule has 0 heterocycles. The van der Waals surface area contributed by atoms with Crippen LogP contribution in [-0.4, -0.2) is 4.75 Å². The van der Waals surface area contributed by atoms with E-state index < -0.39 is 0 Å². The van der Waals surface area contributed by atoms with Crippen molar-refractivity contribution in [3.05, 3.63) is 35.4 Å². The molecule has 0 spiro atoms. The molecule has 0 fully saturated rings. The summed E-state index contributed by atoms with van der Waals surface area (Å²) in [5.74, 6) is 0. The minimum absolute atomic E-state index is 0.0910. The van der Waals surface area contributed by atoms with Crippen LogP contribution >= 0.6 is 12.6 Å². The zero-order chi connectivity index (χ0) is 9.90. The van der Waals surface area contributed by atoms with E-state index in [2.05, 4.69) is 57.7 Å². The van der Waals surface area contributed by atoms with Crippen molar-refractivity contribution in [2.45, 2.75) is 38.4 Å². The molecular formula is C12H18S. The molecule has 0 nitrogen and oxygen atoms in total. The zero-order valence-corrected chi connectivity index (χ0v) is 9.57. The van der Waals surface area contributed by atoms with Crippen LogP contribution in [0, 0.1) is 0 Å². The van der Waals surface area contributed by atoms with Crippen molar-refractivity contribution < 1.29 is 0 Å². The van der Waals surface area contributed by atoms with Gasteiger partial charge < -0.3 is 0 Å². The molecule has 0 aromatic heterocycles. The smallest absolute Gasteiger partial charge is 0.0113 e. The van der Waals surface area contributed by atoms with Crippen LogP contribution in [0.2, 0.25) is 0 Å². The van der Waals surface area contributed by atoms with Gasteiger partial charge in [0.25, 0.3) is 0 Å². The minimum Gasteiger partial charge on any atom is -0.173 e. The first kappa shape index (κ1) is 10.6. The van der Waals surface area contributed by atoms with Crippen LogP contribution in [0.4, 0.5) is 0 Å². The first-order valence-corrected chi connectivity index (χ1v) is 5.26. The second kappa shape index (κ2) is 4.19. The SMILES string of the molecule is CCc1ccc(CC(C)(C)S)cc1. The Hall–Kier alpha value is -0.430. The average molecular weight is 194 g/mol. The largest absolute Gasteiger partial charge is 0.173 e. The predicted octanol–water partition coefficient (Wildman–Crippen LogP) is 3.50. The number of hydrogen-bond donors (Lipinski definition) is 1. The fourth-order valence-corrected chi connectivity index (χ4v) is 1.57. The molecule has 13 heavy (non-hydrogen) atoms. The Morgan fingerprint density at radius 2 is 1.54 bits per heavy atom. The molecule has 0 bridgehead atoms. The molecule has 0 radical (unpaired) electrons. The topological polar surface area (TPSA) is 0 Å². The quantitative estimate of drug-likeness (QED) is 0.700. The van der Waals surface area contributed by atoms with Crippen LogP contribution in [0.15, 0.2) is 24.3 Å². The molecule has 0 N–H and O–H groups in total. The Morgan fingerprint density at radius 3 is 1.92 bits per heavy atom. The van der Waals surface area contributed by atoms with E-state index in [1.807, 2.05) is 0 Å². The lowest BCUT2D eigenvalue weighted by Crippen LogP contribution is -2.13. The van der Waals surface area contributed by atoms with Crippen LogP contribution in [0.1, 0.15) is 31.9 Å². The fourth-order valence-electron chi connectivity index (χ4n) is 1.39. The molecule has 0 unspecified atom stereocenters. The third-order valence-electron chi connectivity index (χ3n) is 2.07. The van der Waals surface area contributed by atoms with E-state index in [4.69, 9.17) is 0 Å². The van der Waals surface area contributed by atoms with Gasteiger partial charge in [-0.3, -0.25) is 0 Å². The van der Waals surface area contributed by atoms with Gasteiger partial charge in [-0.1, -0.05) is 45.0 Å². The van der Waals surface area contributed by atoms with E-state index in [1.165, 1.54) is 11.1 Å². The third kappa shape index (κ3) is 3.86. The number of thiol groups is 1. The first-order valence-electron chi connectivity index (χ1n) is 4.81. The van der Waals surface area contributed by atoms with Gasteiger partial charge in [0.1, 0.15) is 0 Å². The molecule has 0 aliphatic heterocycles. The van der Waals surface area contributed by atoms with Crippen LogP contribution in [0.3, 0.4) is 0 Å². The van der Waals surface area contributed by atoms with Crippen LogP contribution < -0.4 is 0 Å². The fraction of sp³-hybridized carbons (Fsp3) is 0.500. The summed E-state index contributed by atoms with van der Waals surface area (Å²) in [6, 6.07) is 8.82. The molecule has 1 heteroatoms.